The summed E-state index contributed by atoms with van der Waals surface area (Å²) in [5.41, 5.74) is 5.05. The molecule has 118 valence electrons. The number of amides is 2. The summed E-state index contributed by atoms with van der Waals surface area (Å²) in [4.78, 5) is 22.2. The molecular formula is C15H30N2O3. The van der Waals surface area contributed by atoms with E-state index in [1.165, 1.54) is 45.4 Å². The predicted octanol–water partition coefficient (Wildman–Crippen LogP) is 3.12. The highest BCUT2D eigenvalue weighted by atomic mass is 16.6. The van der Waals surface area contributed by atoms with E-state index in [0.29, 0.717) is 0 Å². The Morgan fingerprint density at radius 2 is 1.60 bits per heavy atom. The van der Waals surface area contributed by atoms with E-state index in [1.807, 2.05) is 6.92 Å². The molecule has 0 radical (unpaired) electrons. The summed E-state index contributed by atoms with van der Waals surface area (Å²) >= 11 is 0. The van der Waals surface area contributed by atoms with Crippen molar-refractivity contribution in [3.05, 3.63) is 0 Å². The summed E-state index contributed by atoms with van der Waals surface area (Å²) in [7, 11) is 0. The molecule has 0 fully saturated rings. The van der Waals surface area contributed by atoms with E-state index in [9.17, 15) is 9.59 Å². The Labute approximate surface area is 122 Å². The molecule has 0 heterocycles. The van der Waals surface area contributed by atoms with Crippen molar-refractivity contribution in [2.24, 2.45) is 5.73 Å². The number of nitrogens with one attached hydrogen (secondary N) is 1. The Morgan fingerprint density at radius 3 is 2.15 bits per heavy atom. The molecular weight excluding hydrogens is 256 g/mol. The van der Waals surface area contributed by atoms with Gasteiger partial charge in [-0.1, -0.05) is 45.4 Å². The van der Waals surface area contributed by atoms with Gasteiger partial charge in [-0.25, -0.2) is 4.79 Å². The highest BCUT2D eigenvalue weighted by molar-refractivity contribution is 5.83. The van der Waals surface area contributed by atoms with Crippen LogP contribution in [0.1, 0.15) is 72.1 Å². The van der Waals surface area contributed by atoms with E-state index >= 15 is 0 Å². The second-order valence-corrected chi connectivity index (χ2v) is 5.39. The van der Waals surface area contributed by atoms with Crippen molar-refractivity contribution in [3.8, 4) is 0 Å². The molecule has 0 aromatic rings. The van der Waals surface area contributed by atoms with Crippen LogP contribution in [0.2, 0.25) is 0 Å². The van der Waals surface area contributed by atoms with Gasteiger partial charge in [0.05, 0.1) is 0 Å². The molecule has 3 N–H and O–H groups in total. The first-order valence-electron chi connectivity index (χ1n) is 7.73. The number of hydrogen-bond acceptors (Lipinski definition) is 3. The van der Waals surface area contributed by atoms with Gasteiger partial charge in [-0.3, -0.25) is 4.79 Å². The van der Waals surface area contributed by atoms with Crippen molar-refractivity contribution >= 4 is 12.0 Å². The molecule has 5 heteroatoms. The number of hydrogen-bond donors (Lipinski definition) is 2. The van der Waals surface area contributed by atoms with Gasteiger partial charge >= 0.3 is 6.09 Å². The smallest absolute Gasteiger partial charge is 0.408 e. The molecule has 2 amide bonds. The fraction of sp³-hybridized carbons (Fsp3) is 0.867. The molecule has 0 aromatic heterocycles. The number of primary amides is 1. The minimum absolute atomic E-state index is 0.134. The maximum absolute atomic E-state index is 11.4. The fourth-order valence-electron chi connectivity index (χ4n) is 1.91. The summed E-state index contributed by atoms with van der Waals surface area (Å²) in [6.07, 6.45) is 8.82. The lowest BCUT2D eigenvalue weighted by Gasteiger charge is -2.15. The number of alkyl carbamates (subject to hydrolysis) is 1. The molecule has 0 aromatic carbocycles. The molecule has 0 bridgehead atoms. The molecule has 0 spiro atoms. The largest absolute Gasteiger partial charge is 0.447 e. The van der Waals surface area contributed by atoms with Crippen molar-refractivity contribution in [2.45, 2.75) is 84.3 Å². The van der Waals surface area contributed by atoms with Crippen molar-refractivity contribution < 1.29 is 14.3 Å². The second-order valence-electron chi connectivity index (χ2n) is 5.39. The molecule has 0 saturated heterocycles. The SMILES string of the molecule is CCCCCCCCCC(C)OC(=O)NC(C)C(N)=O. The van der Waals surface area contributed by atoms with Crippen LogP contribution in [-0.4, -0.2) is 24.1 Å². The minimum atomic E-state index is -0.701. The van der Waals surface area contributed by atoms with Crippen molar-refractivity contribution in [3.63, 3.8) is 0 Å². The minimum Gasteiger partial charge on any atom is -0.447 e. The number of nitrogens with two attached hydrogens (primary N) is 1. The van der Waals surface area contributed by atoms with Gasteiger partial charge < -0.3 is 15.8 Å². The van der Waals surface area contributed by atoms with Crippen LogP contribution in [0.4, 0.5) is 4.79 Å². The van der Waals surface area contributed by atoms with E-state index in [0.717, 1.165) is 12.8 Å². The van der Waals surface area contributed by atoms with Crippen LogP contribution in [0.25, 0.3) is 0 Å². The third kappa shape index (κ3) is 10.6. The normalized spacial score (nSPS) is 13.6. The quantitative estimate of drug-likeness (QED) is 0.573. The number of unbranched alkanes of at least 4 members (excludes halogenated alkanes) is 6. The lowest BCUT2D eigenvalue weighted by molar-refractivity contribution is -0.119. The first kappa shape index (κ1) is 18.7. The van der Waals surface area contributed by atoms with Crippen molar-refractivity contribution in [1.29, 1.82) is 0 Å². The predicted molar refractivity (Wildman–Crippen MR) is 80.3 cm³/mol. The topological polar surface area (TPSA) is 81.4 Å². The molecule has 2 unspecified atom stereocenters. The first-order valence-corrected chi connectivity index (χ1v) is 7.73. The Balaban J connectivity index is 3.55. The maximum Gasteiger partial charge on any atom is 0.408 e. The summed E-state index contributed by atoms with van der Waals surface area (Å²) in [5.74, 6) is -0.568. The Bertz CT molecular complexity index is 282. The Hall–Kier alpha value is -1.26. The third-order valence-electron chi connectivity index (χ3n) is 3.28. The Morgan fingerprint density at radius 1 is 1.05 bits per heavy atom. The fourth-order valence-corrected chi connectivity index (χ4v) is 1.91. The lowest BCUT2D eigenvalue weighted by atomic mass is 10.1. The van der Waals surface area contributed by atoms with E-state index < -0.39 is 18.0 Å². The van der Waals surface area contributed by atoms with E-state index in [1.54, 1.807) is 0 Å². The van der Waals surface area contributed by atoms with Gasteiger partial charge in [0.15, 0.2) is 0 Å². The van der Waals surface area contributed by atoms with Gasteiger partial charge in [0, 0.05) is 0 Å². The molecule has 0 aliphatic heterocycles. The van der Waals surface area contributed by atoms with E-state index in [-0.39, 0.29) is 6.10 Å². The van der Waals surface area contributed by atoms with E-state index in [4.69, 9.17) is 10.5 Å². The molecule has 20 heavy (non-hydrogen) atoms. The van der Waals surface area contributed by atoms with Gasteiger partial charge in [-0.2, -0.15) is 0 Å². The van der Waals surface area contributed by atoms with Crippen LogP contribution in [0.15, 0.2) is 0 Å². The zero-order chi connectivity index (χ0) is 15.4. The van der Waals surface area contributed by atoms with Crippen LogP contribution in [-0.2, 0) is 9.53 Å². The van der Waals surface area contributed by atoms with Gasteiger partial charge in [0.1, 0.15) is 12.1 Å². The van der Waals surface area contributed by atoms with Gasteiger partial charge in [-0.05, 0) is 26.7 Å². The molecule has 5 nitrogen and oxygen atoms in total. The standard InChI is InChI=1S/C15H30N2O3/c1-4-5-6-7-8-9-10-11-12(2)20-15(19)17-13(3)14(16)18/h12-13H,4-11H2,1-3H3,(H2,16,18)(H,17,19). The van der Waals surface area contributed by atoms with Crippen molar-refractivity contribution in [2.75, 3.05) is 0 Å². The van der Waals surface area contributed by atoms with Crippen LogP contribution < -0.4 is 11.1 Å². The molecule has 0 saturated carbocycles. The number of carbonyl (C=O) groups excluding carboxylic acids is 2. The zero-order valence-electron chi connectivity index (χ0n) is 13.1. The summed E-state index contributed by atoms with van der Waals surface area (Å²) < 4.78 is 5.16. The summed E-state index contributed by atoms with van der Waals surface area (Å²) in [6.45, 7) is 5.61. The van der Waals surface area contributed by atoms with Crippen LogP contribution in [0, 0.1) is 0 Å². The number of rotatable bonds is 11. The number of ether oxygens (including phenoxy) is 1. The maximum atomic E-state index is 11.4. The first-order chi connectivity index (χ1) is 9.47. The second kappa shape index (κ2) is 11.6. The highest BCUT2D eigenvalue weighted by Gasteiger charge is 2.15. The zero-order valence-corrected chi connectivity index (χ0v) is 13.1. The molecule has 0 aliphatic carbocycles. The Kier molecular flexibility index (Phi) is 10.8. The number of carbonyl (C=O) groups is 2. The van der Waals surface area contributed by atoms with Crippen LogP contribution >= 0.6 is 0 Å². The van der Waals surface area contributed by atoms with Crippen molar-refractivity contribution in [1.82, 2.24) is 5.32 Å². The monoisotopic (exact) mass is 286 g/mol. The van der Waals surface area contributed by atoms with Gasteiger partial charge in [-0.15, -0.1) is 0 Å². The molecule has 2 atom stereocenters. The average Bonchev–Trinajstić information content (AvgIpc) is 2.37. The van der Waals surface area contributed by atoms with Gasteiger partial charge in [0.2, 0.25) is 5.91 Å². The third-order valence-corrected chi connectivity index (χ3v) is 3.28. The summed E-state index contributed by atoms with van der Waals surface area (Å²) in [6, 6.07) is -0.701. The average molecular weight is 286 g/mol. The van der Waals surface area contributed by atoms with E-state index in [2.05, 4.69) is 12.2 Å². The highest BCUT2D eigenvalue weighted by Crippen LogP contribution is 2.11. The van der Waals surface area contributed by atoms with Crippen LogP contribution in [0.3, 0.4) is 0 Å². The molecule has 0 aliphatic rings. The summed E-state index contributed by atoms with van der Waals surface area (Å²) in [5, 5.41) is 2.40. The lowest BCUT2D eigenvalue weighted by Crippen LogP contribution is -2.43. The van der Waals surface area contributed by atoms with Gasteiger partial charge in [0.25, 0.3) is 0 Å². The molecule has 0 rings (SSSR count). The van der Waals surface area contributed by atoms with Crippen LogP contribution in [0.5, 0.6) is 0 Å².